The van der Waals surface area contributed by atoms with E-state index in [1.54, 1.807) is 32.0 Å². The first kappa shape index (κ1) is 13.0. The van der Waals surface area contributed by atoms with Crippen LogP contribution < -0.4 is 5.32 Å². The number of allylic oxidation sites excluding steroid dienone is 1. The van der Waals surface area contributed by atoms with Crippen LogP contribution in [0.25, 0.3) is 0 Å². The van der Waals surface area contributed by atoms with Crippen molar-refractivity contribution >= 4 is 23.3 Å². The molecule has 0 atom stereocenters. The number of fused-ring (bicyclic) bond motifs is 1. The number of aliphatic carboxylic acids is 1. The van der Waals surface area contributed by atoms with Gasteiger partial charge in [-0.1, -0.05) is 0 Å². The van der Waals surface area contributed by atoms with Crippen LogP contribution in [0.2, 0.25) is 0 Å². The molecule has 98 valence electrons. The summed E-state index contributed by atoms with van der Waals surface area (Å²) in [6.45, 7) is 3.55. The topological polar surface area (TPSA) is 83.5 Å². The van der Waals surface area contributed by atoms with E-state index in [0.29, 0.717) is 11.3 Å². The quantitative estimate of drug-likeness (QED) is 0.639. The zero-order valence-corrected chi connectivity index (χ0v) is 10.6. The van der Waals surface area contributed by atoms with E-state index in [1.165, 1.54) is 0 Å². The number of amides is 1. The Morgan fingerprint density at radius 2 is 1.95 bits per heavy atom. The maximum absolute atomic E-state index is 11.8. The van der Waals surface area contributed by atoms with Crippen molar-refractivity contribution < 1.29 is 19.5 Å². The Morgan fingerprint density at radius 3 is 2.58 bits per heavy atom. The van der Waals surface area contributed by atoms with Gasteiger partial charge in [-0.2, -0.15) is 0 Å². The van der Waals surface area contributed by atoms with E-state index >= 15 is 0 Å². The predicted molar refractivity (Wildman–Crippen MR) is 69.2 cm³/mol. The van der Waals surface area contributed by atoms with Crippen molar-refractivity contribution in [2.75, 3.05) is 5.32 Å². The van der Waals surface area contributed by atoms with Gasteiger partial charge in [-0.3, -0.25) is 9.59 Å². The van der Waals surface area contributed by atoms with Gasteiger partial charge < -0.3 is 10.4 Å². The molecular weight excluding hydrogens is 246 g/mol. The minimum absolute atomic E-state index is 0.117. The van der Waals surface area contributed by atoms with Crippen LogP contribution in [0.4, 0.5) is 5.69 Å². The van der Waals surface area contributed by atoms with Crippen LogP contribution in [0.3, 0.4) is 0 Å². The van der Waals surface area contributed by atoms with Crippen molar-refractivity contribution in [3.05, 3.63) is 41.5 Å². The molecule has 2 N–H and O–H groups in total. The number of carbonyl (C=O) groups excluding carboxylic acids is 2. The number of hydrogen-bond donors (Lipinski definition) is 2. The van der Waals surface area contributed by atoms with Crippen LogP contribution in [0.15, 0.2) is 30.4 Å². The molecule has 1 aliphatic rings. The van der Waals surface area contributed by atoms with Crippen molar-refractivity contribution in [3.8, 4) is 0 Å². The molecule has 1 aliphatic heterocycles. The molecule has 1 aromatic carbocycles. The van der Waals surface area contributed by atoms with Crippen molar-refractivity contribution in [2.45, 2.75) is 19.3 Å². The average Bonchev–Trinajstić information content (AvgIpc) is 2.57. The summed E-state index contributed by atoms with van der Waals surface area (Å²) in [7, 11) is 0. The lowest BCUT2D eigenvalue weighted by Crippen LogP contribution is -2.26. The number of benzene rings is 1. The number of carbonyl (C=O) groups is 3. The third-order valence-corrected chi connectivity index (χ3v) is 3.17. The molecule has 0 unspecified atom stereocenters. The fourth-order valence-corrected chi connectivity index (χ4v) is 1.97. The van der Waals surface area contributed by atoms with Gasteiger partial charge in [-0.05, 0) is 43.7 Å². The van der Waals surface area contributed by atoms with Gasteiger partial charge in [-0.15, -0.1) is 0 Å². The van der Waals surface area contributed by atoms with Gasteiger partial charge in [0.05, 0.1) is 5.41 Å². The smallest absolute Gasteiger partial charge is 0.328 e. The highest BCUT2D eigenvalue weighted by Gasteiger charge is 2.38. The van der Waals surface area contributed by atoms with Gasteiger partial charge in [0.2, 0.25) is 5.91 Å². The van der Waals surface area contributed by atoms with E-state index in [9.17, 15) is 14.4 Å². The molecule has 1 heterocycles. The number of nitrogens with one attached hydrogen (secondary N) is 1. The third kappa shape index (κ3) is 2.27. The van der Waals surface area contributed by atoms with Crippen molar-refractivity contribution in [2.24, 2.45) is 0 Å². The summed E-state index contributed by atoms with van der Waals surface area (Å²) in [6, 6.07) is 4.85. The first-order valence-electron chi connectivity index (χ1n) is 5.73. The Kier molecular flexibility index (Phi) is 2.98. The largest absolute Gasteiger partial charge is 0.478 e. The zero-order chi connectivity index (χ0) is 14.2. The fraction of sp³-hybridized carbons (Fsp3) is 0.214. The number of carboxylic acid groups (broad SMARTS) is 1. The lowest BCUT2D eigenvalue weighted by atomic mass is 9.85. The van der Waals surface area contributed by atoms with Gasteiger partial charge in [0.1, 0.15) is 0 Å². The summed E-state index contributed by atoms with van der Waals surface area (Å²) >= 11 is 0. The zero-order valence-electron chi connectivity index (χ0n) is 10.6. The molecule has 0 bridgehead atoms. The lowest BCUT2D eigenvalue weighted by molar-refractivity contribution is -0.131. The van der Waals surface area contributed by atoms with Gasteiger partial charge in [0.25, 0.3) is 0 Å². The van der Waals surface area contributed by atoms with E-state index in [-0.39, 0.29) is 5.91 Å². The lowest BCUT2D eigenvalue weighted by Gasteiger charge is -2.15. The highest BCUT2D eigenvalue weighted by Crippen LogP contribution is 2.37. The molecular formula is C14H13NO4. The van der Waals surface area contributed by atoms with Crippen LogP contribution >= 0.6 is 0 Å². The Bertz CT molecular complexity index is 614. The highest BCUT2D eigenvalue weighted by atomic mass is 16.4. The van der Waals surface area contributed by atoms with Crippen LogP contribution in [0.5, 0.6) is 0 Å². The SMILES string of the molecule is CC1(C)C(=O)Nc2ccc(C(=O)C=CC(=O)O)cc21. The van der Waals surface area contributed by atoms with Gasteiger partial charge in [0, 0.05) is 17.3 Å². The number of hydrogen-bond acceptors (Lipinski definition) is 3. The molecule has 2 rings (SSSR count). The van der Waals surface area contributed by atoms with E-state index in [2.05, 4.69) is 5.32 Å². The monoisotopic (exact) mass is 259 g/mol. The standard InChI is InChI=1S/C14H13NO4/c1-14(2)9-7-8(11(16)5-6-12(17)18)3-4-10(9)15-13(14)19/h3-7H,1-2H3,(H,15,19)(H,17,18). The van der Waals surface area contributed by atoms with Crippen LogP contribution in [0.1, 0.15) is 29.8 Å². The highest BCUT2D eigenvalue weighted by molar-refractivity contribution is 6.10. The molecule has 0 saturated carbocycles. The summed E-state index contributed by atoms with van der Waals surface area (Å²) < 4.78 is 0. The maximum atomic E-state index is 11.8. The van der Waals surface area contributed by atoms with E-state index in [0.717, 1.165) is 17.7 Å². The molecule has 0 radical (unpaired) electrons. The van der Waals surface area contributed by atoms with Crippen molar-refractivity contribution in [3.63, 3.8) is 0 Å². The number of rotatable bonds is 3. The van der Waals surface area contributed by atoms with Gasteiger partial charge >= 0.3 is 5.97 Å². The first-order chi connectivity index (χ1) is 8.82. The molecule has 0 aromatic heterocycles. The predicted octanol–water partition coefficient (Wildman–Crippen LogP) is 1.74. The Hall–Kier alpha value is -2.43. The Labute approximate surface area is 109 Å². The Balaban J connectivity index is 2.38. The minimum Gasteiger partial charge on any atom is -0.478 e. The molecule has 1 aromatic rings. The maximum Gasteiger partial charge on any atom is 0.328 e. The van der Waals surface area contributed by atoms with Gasteiger partial charge in [0.15, 0.2) is 5.78 Å². The molecule has 5 nitrogen and oxygen atoms in total. The summed E-state index contributed by atoms with van der Waals surface area (Å²) in [6.07, 6.45) is 1.80. The van der Waals surface area contributed by atoms with E-state index < -0.39 is 17.2 Å². The molecule has 5 heteroatoms. The second-order valence-electron chi connectivity index (χ2n) is 4.88. The van der Waals surface area contributed by atoms with Crippen LogP contribution in [0, 0.1) is 0 Å². The van der Waals surface area contributed by atoms with E-state index in [4.69, 9.17) is 5.11 Å². The second kappa shape index (κ2) is 4.35. The Morgan fingerprint density at radius 1 is 1.26 bits per heavy atom. The number of ketones is 1. The average molecular weight is 259 g/mol. The fourth-order valence-electron chi connectivity index (χ4n) is 1.97. The normalized spacial score (nSPS) is 16.2. The molecule has 0 spiro atoms. The summed E-state index contributed by atoms with van der Waals surface area (Å²) in [5.41, 5.74) is 1.10. The second-order valence-corrected chi connectivity index (χ2v) is 4.88. The molecule has 1 amide bonds. The van der Waals surface area contributed by atoms with Gasteiger partial charge in [-0.25, -0.2) is 4.79 Å². The summed E-state index contributed by atoms with van der Waals surface area (Å²) in [5.74, 6) is -1.69. The van der Waals surface area contributed by atoms with E-state index in [1.807, 2.05) is 0 Å². The molecule has 0 saturated heterocycles. The minimum atomic E-state index is -1.17. The number of carboxylic acids is 1. The van der Waals surface area contributed by atoms with Crippen molar-refractivity contribution in [1.82, 2.24) is 0 Å². The molecule has 0 fully saturated rings. The molecule has 0 aliphatic carbocycles. The number of anilines is 1. The van der Waals surface area contributed by atoms with Crippen LogP contribution in [-0.2, 0) is 15.0 Å². The molecule has 19 heavy (non-hydrogen) atoms. The first-order valence-corrected chi connectivity index (χ1v) is 5.73. The third-order valence-electron chi connectivity index (χ3n) is 3.17. The van der Waals surface area contributed by atoms with Crippen LogP contribution in [-0.4, -0.2) is 22.8 Å². The van der Waals surface area contributed by atoms with Crippen molar-refractivity contribution in [1.29, 1.82) is 0 Å². The summed E-state index contributed by atoms with van der Waals surface area (Å²) in [5, 5.41) is 11.2. The summed E-state index contributed by atoms with van der Waals surface area (Å²) in [4.78, 5) is 33.9.